The quantitative estimate of drug-likeness (QED) is 0.107. The third-order valence-electron chi connectivity index (χ3n) is 11.2. The van der Waals surface area contributed by atoms with Crippen molar-refractivity contribution in [2.75, 3.05) is 25.2 Å². The summed E-state index contributed by atoms with van der Waals surface area (Å²) in [5.74, 6) is -10.7. The predicted molar refractivity (Wildman–Crippen MR) is 241 cm³/mol. The van der Waals surface area contributed by atoms with Crippen LogP contribution in [-0.4, -0.2) is 134 Å². The molecule has 372 valence electrons. The van der Waals surface area contributed by atoms with Crippen molar-refractivity contribution in [2.45, 2.75) is 139 Å². The lowest BCUT2D eigenvalue weighted by Gasteiger charge is -2.38. The van der Waals surface area contributed by atoms with Crippen molar-refractivity contribution in [3.05, 3.63) is 23.8 Å². The monoisotopic (exact) mass is 963 g/mol. The fraction of sp³-hybridized carbons (Fsp3) is 0.628. The Morgan fingerprint density at radius 2 is 1.49 bits per heavy atom. The van der Waals surface area contributed by atoms with Crippen LogP contribution in [0.25, 0.3) is 0 Å². The Bertz CT molecular complexity index is 2010. The fourth-order valence-electron chi connectivity index (χ4n) is 7.70. The van der Waals surface area contributed by atoms with E-state index in [4.69, 9.17) is 16.2 Å². The van der Waals surface area contributed by atoms with Crippen LogP contribution < -0.4 is 53.4 Å². The number of aliphatic carboxylic acids is 1. The molecule has 13 N–H and O–H groups in total. The van der Waals surface area contributed by atoms with Crippen LogP contribution in [0, 0.1) is 5.92 Å². The van der Waals surface area contributed by atoms with Crippen LogP contribution in [-0.2, 0) is 65.2 Å². The second-order valence-corrected chi connectivity index (χ2v) is 18.7. The molecule has 1 spiro atoms. The number of carboxylic acids is 1. The summed E-state index contributed by atoms with van der Waals surface area (Å²) in [4.78, 5) is 132. The van der Waals surface area contributed by atoms with Crippen LogP contribution in [0.2, 0.25) is 0 Å². The highest BCUT2D eigenvalue weighted by atomic mass is 32.2. The second-order valence-electron chi connectivity index (χ2n) is 17.2. The van der Waals surface area contributed by atoms with Gasteiger partial charge in [-0.1, -0.05) is 39.2 Å². The lowest BCUT2D eigenvalue weighted by Crippen LogP contribution is -2.66. The van der Waals surface area contributed by atoms with Gasteiger partial charge in [-0.15, -0.1) is 0 Å². The summed E-state index contributed by atoms with van der Waals surface area (Å²) in [5.41, 5.74) is 9.69. The number of ether oxygens (including phenoxy) is 1. The van der Waals surface area contributed by atoms with Gasteiger partial charge < -0.3 is 63.6 Å². The van der Waals surface area contributed by atoms with Crippen molar-refractivity contribution in [2.24, 2.45) is 17.4 Å². The summed E-state index contributed by atoms with van der Waals surface area (Å²) in [6, 6.07) is -2.96. The molecule has 6 atom stereocenters. The number of primary amides is 2. The van der Waals surface area contributed by atoms with E-state index in [2.05, 4.69) is 37.2 Å². The van der Waals surface area contributed by atoms with Gasteiger partial charge in [0.15, 0.2) is 11.5 Å². The topological polar surface area (TPSA) is 374 Å². The Balaban J connectivity index is 2.10. The van der Waals surface area contributed by atoms with Crippen LogP contribution in [0.15, 0.2) is 18.2 Å². The first-order chi connectivity index (χ1) is 31.6. The molecule has 1 aromatic rings. The molecule has 1 saturated heterocycles. The Hall–Kier alpha value is -6.33. The molecule has 1 aliphatic carbocycles. The summed E-state index contributed by atoms with van der Waals surface area (Å²) >= 11 is 0. The summed E-state index contributed by atoms with van der Waals surface area (Å²) in [6.45, 7) is 3.49. The standard InChI is InChI=1S/C43H65N9O14S/c1-24(2)18-27-40(62)50-28(19-25-13-14-31(53)32(20-25)66-3)41(63)52-43(15-6-4-7-16-43)42(64)51-29(21-33(44)54)38(60)46-17-8-5-11-34(55)48-30(37(45)59)22-67(65)23-35(56)47-26(39(61)49-27)10-9-12-36(57)58/h13-14,20,24,26-30,53H,4-12,15-19,21-23H2,1-3H3,(H2,44,54)(H2,45,59)(H,46,60)(H,47,56)(H,48,55)(H,49,61)(H,50,62)(H,51,64)(H,52,63)(H,57,58)/t26-,27-,28-,29-,30+,67?/m0/s1. The number of hydrogen-bond donors (Lipinski definition) is 11. The van der Waals surface area contributed by atoms with E-state index in [0.717, 1.165) is 0 Å². The summed E-state index contributed by atoms with van der Waals surface area (Å²) in [7, 11) is -0.817. The maximum absolute atomic E-state index is 14.6. The van der Waals surface area contributed by atoms with E-state index in [-0.39, 0.29) is 81.7 Å². The number of nitrogens with one attached hydrogen (secondary N) is 7. The van der Waals surface area contributed by atoms with E-state index in [1.54, 1.807) is 13.8 Å². The number of carbonyl (C=O) groups is 10. The molecule has 1 aliphatic heterocycles. The molecule has 67 heavy (non-hydrogen) atoms. The summed E-state index contributed by atoms with van der Waals surface area (Å²) < 4.78 is 18.4. The largest absolute Gasteiger partial charge is 0.504 e. The van der Waals surface area contributed by atoms with Gasteiger partial charge in [-0.05, 0) is 68.6 Å². The van der Waals surface area contributed by atoms with Crippen molar-refractivity contribution in [1.29, 1.82) is 0 Å². The van der Waals surface area contributed by atoms with E-state index in [1.807, 2.05) is 0 Å². The number of carbonyl (C=O) groups excluding carboxylic acids is 9. The van der Waals surface area contributed by atoms with E-state index in [0.29, 0.717) is 24.8 Å². The van der Waals surface area contributed by atoms with Gasteiger partial charge in [0.2, 0.25) is 53.2 Å². The first-order valence-corrected chi connectivity index (χ1v) is 23.7. The van der Waals surface area contributed by atoms with Crippen molar-refractivity contribution in [3.63, 3.8) is 0 Å². The number of amides is 9. The van der Waals surface area contributed by atoms with E-state index < -0.39 is 130 Å². The van der Waals surface area contributed by atoms with E-state index in [9.17, 15) is 62.4 Å². The number of hydrogen-bond acceptors (Lipinski definition) is 13. The minimum atomic E-state index is -2.13. The van der Waals surface area contributed by atoms with E-state index >= 15 is 0 Å². The molecule has 2 fully saturated rings. The average molecular weight is 964 g/mol. The van der Waals surface area contributed by atoms with Gasteiger partial charge in [-0.2, -0.15) is 0 Å². The van der Waals surface area contributed by atoms with Gasteiger partial charge in [-0.3, -0.25) is 52.2 Å². The van der Waals surface area contributed by atoms with Crippen molar-refractivity contribution in [1.82, 2.24) is 37.2 Å². The van der Waals surface area contributed by atoms with Gasteiger partial charge in [0.05, 0.1) is 19.3 Å². The van der Waals surface area contributed by atoms with Crippen molar-refractivity contribution in [3.8, 4) is 11.5 Å². The molecule has 0 radical (unpaired) electrons. The van der Waals surface area contributed by atoms with Crippen LogP contribution >= 0.6 is 0 Å². The average Bonchev–Trinajstić information content (AvgIpc) is 3.24. The van der Waals surface area contributed by atoms with Gasteiger partial charge in [0.1, 0.15) is 41.5 Å². The van der Waals surface area contributed by atoms with Gasteiger partial charge >= 0.3 is 5.97 Å². The van der Waals surface area contributed by atoms with Gasteiger partial charge in [-0.25, -0.2) is 0 Å². The zero-order valence-electron chi connectivity index (χ0n) is 38.1. The van der Waals surface area contributed by atoms with Crippen LogP contribution in [0.1, 0.15) is 103 Å². The molecule has 1 unspecified atom stereocenters. The summed E-state index contributed by atoms with van der Waals surface area (Å²) in [6.07, 6.45) is 0.519. The van der Waals surface area contributed by atoms with Crippen molar-refractivity contribution >= 4 is 69.9 Å². The molecular weight excluding hydrogens is 899 g/mol. The zero-order valence-corrected chi connectivity index (χ0v) is 38.9. The normalized spacial score (nSPS) is 24.6. The maximum Gasteiger partial charge on any atom is 0.303 e. The molecular formula is C43H65N9O14S. The minimum absolute atomic E-state index is 0.00532. The van der Waals surface area contributed by atoms with Crippen LogP contribution in [0.3, 0.4) is 0 Å². The van der Waals surface area contributed by atoms with Crippen molar-refractivity contribution < 1.29 is 67.1 Å². The van der Waals surface area contributed by atoms with Crippen LogP contribution in [0.4, 0.5) is 0 Å². The first-order valence-electron chi connectivity index (χ1n) is 22.2. The molecule has 1 aromatic carbocycles. The third kappa shape index (κ3) is 18.5. The smallest absolute Gasteiger partial charge is 0.303 e. The highest BCUT2D eigenvalue weighted by molar-refractivity contribution is 7.85. The second kappa shape index (κ2) is 26.7. The van der Waals surface area contributed by atoms with Crippen LogP contribution in [0.5, 0.6) is 11.5 Å². The maximum atomic E-state index is 14.6. The Morgan fingerprint density at radius 3 is 2.12 bits per heavy atom. The zero-order chi connectivity index (χ0) is 49.8. The highest BCUT2D eigenvalue weighted by Gasteiger charge is 2.44. The predicted octanol–water partition coefficient (Wildman–Crippen LogP) is -2.10. The Morgan fingerprint density at radius 1 is 0.821 bits per heavy atom. The minimum Gasteiger partial charge on any atom is -0.504 e. The number of aromatic hydroxyl groups is 1. The Kier molecular flexibility index (Phi) is 21.9. The number of methoxy groups -OCH3 is 1. The number of benzene rings is 1. The number of carboxylic acid groups (broad SMARTS) is 1. The molecule has 23 nitrogen and oxygen atoms in total. The summed E-state index contributed by atoms with van der Waals surface area (Å²) in [5, 5.41) is 37.7. The number of nitrogens with two attached hydrogens (primary N) is 2. The molecule has 2 aliphatic rings. The number of phenolic OH excluding ortho intramolecular Hbond substituents is 1. The lowest BCUT2D eigenvalue weighted by atomic mass is 9.80. The molecule has 3 rings (SSSR count). The van der Waals surface area contributed by atoms with E-state index in [1.165, 1.54) is 25.3 Å². The molecule has 1 saturated carbocycles. The SMILES string of the molecule is COc1cc(C[C@@H]2NC(=O)[C@H](CC(C)C)NC(=O)[C@H](CCCC(=O)O)NC(=O)CS(=O)C[C@H](C(N)=O)NC(=O)CCCCNC(=O)[C@H](CC(N)=O)NC(=O)C3(CCCCC3)NC2=O)ccc1O. The van der Waals surface area contributed by atoms with Gasteiger partial charge in [0, 0.05) is 36.6 Å². The molecule has 0 bridgehead atoms. The lowest BCUT2D eigenvalue weighted by molar-refractivity contribution is -0.139. The Labute approximate surface area is 390 Å². The molecule has 1 heterocycles. The van der Waals surface area contributed by atoms with Gasteiger partial charge in [0.25, 0.3) is 0 Å². The first kappa shape index (κ1) is 55.0. The highest BCUT2D eigenvalue weighted by Crippen LogP contribution is 2.30. The molecule has 0 aromatic heterocycles. The molecule has 9 amide bonds. The fourth-order valence-corrected chi connectivity index (χ4v) is 8.81. The number of rotatable bonds is 12. The number of phenols is 1. The third-order valence-corrected chi connectivity index (χ3v) is 12.5. The molecule has 24 heteroatoms.